The number of hydrogen-bond acceptors (Lipinski definition) is 2. The van der Waals surface area contributed by atoms with Crippen molar-refractivity contribution in [2.24, 2.45) is 0 Å². The molecule has 6 rings (SSSR count). The van der Waals surface area contributed by atoms with Crippen LogP contribution in [0.1, 0.15) is 116 Å². The molecule has 2 heterocycles. The molecule has 0 unspecified atom stereocenters. The van der Waals surface area contributed by atoms with Gasteiger partial charge in [-0.3, -0.25) is 0 Å². The van der Waals surface area contributed by atoms with Crippen LogP contribution in [-0.4, -0.2) is 0 Å². The molecule has 44 heavy (non-hydrogen) atoms. The average molecular weight is 585 g/mol. The molecule has 0 aliphatic heterocycles. The first-order valence-corrected chi connectivity index (χ1v) is 16.0. The predicted molar refractivity (Wildman–Crippen MR) is 191 cm³/mol. The fourth-order valence-electron chi connectivity index (χ4n) is 6.04. The first kappa shape index (κ1) is 30.3. The van der Waals surface area contributed by atoms with Crippen molar-refractivity contribution in [3.8, 4) is 0 Å². The molecule has 228 valence electrons. The summed E-state index contributed by atoms with van der Waals surface area (Å²) in [5.74, 6) is 0. The SMILES string of the molecule is CC(C)(C)c1ccc2oc3c(/C=C/c4cc(C(C)(C)C)cc5c4oc4ccc(C(C)(C)C)cc45)cc(C(C)(C)C)cc3c2c1. The lowest BCUT2D eigenvalue weighted by Gasteiger charge is -2.20. The zero-order chi connectivity index (χ0) is 32.0. The molecule has 0 saturated carbocycles. The molecule has 0 aliphatic rings. The maximum atomic E-state index is 6.59. The van der Waals surface area contributed by atoms with Crippen LogP contribution >= 0.6 is 0 Å². The Morgan fingerprint density at radius 1 is 0.386 bits per heavy atom. The van der Waals surface area contributed by atoms with Gasteiger partial charge in [0.25, 0.3) is 0 Å². The molecule has 0 bridgehead atoms. The number of furan rings is 2. The standard InChI is InChI=1S/C42H48O2/c1-39(2,3)27-15-17-35-31(21-27)33-23-29(41(7,8)9)19-25(37(33)43-35)13-14-26-20-30(42(10,11)12)24-34-32-22-28(40(4,5)6)16-18-36(32)44-38(26)34/h13-24H,1-12H3/b14-13+. The molecule has 0 spiro atoms. The third-order valence-corrected chi connectivity index (χ3v) is 9.11. The van der Waals surface area contributed by atoms with Crippen LogP contribution in [-0.2, 0) is 21.7 Å². The minimum atomic E-state index is -0.00900. The maximum absolute atomic E-state index is 6.59. The molecule has 0 atom stereocenters. The van der Waals surface area contributed by atoms with Crippen molar-refractivity contribution in [2.75, 3.05) is 0 Å². The normalized spacial score (nSPS) is 13.8. The monoisotopic (exact) mass is 584 g/mol. The highest BCUT2D eigenvalue weighted by Gasteiger charge is 2.23. The lowest BCUT2D eigenvalue weighted by Crippen LogP contribution is -2.11. The fourth-order valence-corrected chi connectivity index (χ4v) is 6.04. The number of fused-ring (bicyclic) bond motifs is 6. The third-order valence-electron chi connectivity index (χ3n) is 9.11. The maximum Gasteiger partial charge on any atom is 0.142 e. The van der Waals surface area contributed by atoms with Crippen LogP contribution in [0.15, 0.2) is 69.5 Å². The Bertz CT molecular complexity index is 1930. The molecule has 0 aliphatic carbocycles. The molecule has 0 radical (unpaired) electrons. The number of rotatable bonds is 2. The summed E-state index contributed by atoms with van der Waals surface area (Å²) < 4.78 is 13.2. The highest BCUT2D eigenvalue weighted by atomic mass is 16.3. The predicted octanol–water partition coefficient (Wildman–Crippen LogP) is 12.8. The molecular formula is C42H48O2. The quantitative estimate of drug-likeness (QED) is 0.189. The van der Waals surface area contributed by atoms with Crippen molar-refractivity contribution in [3.63, 3.8) is 0 Å². The Morgan fingerprint density at radius 2 is 0.705 bits per heavy atom. The van der Waals surface area contributed by atoms with Gasteiger partial charge in [-0.25, -0.2) is 0 Å². The van der Waals surface area contributed by atoms with E-state index in [1.807, 2.05) is 0 Å². The Hall–Kier alpha value is -3.78. The van der Waals surface area contributed by atoms with Crippen LogP contribution in [0.4, 0.5) is 0 Å². The van der Waals surface area contributed by atoms with E-state index in [4.69, 9.17) is 8.83 Å². The zero-order valence-electron chi connectivity index (χ0n) is 28.7. The van der Waals surface area contributed by atoms with Crippen LogP contribution < -0.4 is 0 Å². The smallest absolute Gasteiger partial charge is 0.142 e. The van der Waals surface area contributed by atoms with Gasteiger partial charge in [0.15, 0.2) is 0 Å². The highest BCUT2D eigenvalue weighted by molar-refractivity contribution is 6.10. The molecule has 2 nitrogen and oxygen atoms in total. The molecule has 2 aromatic heterocycles. The molecule has 6 aromatic rings. The van der Waals surface area contributed by atoms with Gasteiger partial charge in [-0.1, -0.05) is 107 Å². The number of benzene rings is 4. The Kier molecular flexibility index (Phi) is 6.78. The van der Waals surface area contributed by atoms with Gasteiger partial charge < -0.3 is 8.83 Å². The molecule has 0 fully saturated rings. The highest BCUT2D eigenvalue weighted by Crippen LogP contribution is 2.40. The topological polar surface area (TPSA) is 26.3 Å². The second kappa shape index (κ2) is 9.86. The summed E-state index contributed by atoms with van der Waals surface area (Å²) >= 11 is 0. The van der Waals surface area contributed by atoms with Gasteiger partial charge >= 0.3 is 0 Å². The van der Waals surface area contributed by atoms with Crippen LogP contribution in [0.3, 0.4) is 0 Å². The summed E-state index contributed by atoms with van der Waals surface area (Å²) in [5.41, 5.74) is 11.2. The van der Waals surface area contributed by atoms with Crippen LogP contribution in [0.2, 0.25) is 0 Å². The van der Waals surface area contributed by atoms with Gasteiger partial charge in [0.1, 0.15) is 22.3 Å². The van der Waals surface area contributed by atoms with Gasteiger partial charge in [0.2, 0.25) is 0 Å². The lowest BCUT2D eigenvalue weighted by atomic mass is 9.83. The van der Waals surface area contributed by atoms with Crippen LogP contribution in [0, 0.1) is 0 Å². The van der Waals surface area contributed by atoms with Crippen molar-refractivity contribution in [2.45, 2.75) is 105 Å². The molecule has 4 aromatic carbocycles. The average Bonchev–Trinajstić information content (AvgIpc) is 3.47. The molecule has 0 amide bonds. The largest absolute Gasteiger partial charge is 0.455 e. The summed E-state index contributed by atoms with van der Waals surface area (Å²) in [6.07, 6.45) is 4.44. The first-order valence-electron chi connectivity index (χ1n) is 16.0. The van der Waals surface area contributed by atoms with Crippen molar-refractivity contribution in [3.05, 3.63) is 94.0 Å². The summed E-state index contributed by atoms with van der Waals surface area (Å²) in [4.78, 5) is 0. The Labute approximate surface area is 263 Å². The van der Waals surface area contributed by atoms with E-state index in [0.29, 0.717) is 0 Å². The van der Waals surface area contributed by atoms with E-state index in [1.54, 1.807) is 0 Å². The minimum Gasteiger partial charge on any atom is -0.455 e. The van der Waals surface area contributed by atoms with E-state index < -0.39 is 0 Å². The van der Waals surface area contributed by atoms with E-state index >= 15 is 0 Å². The number of hydrogen-bond donors (Lipinski definition) is 0. The summed E-state index contributed by atoms with van der Waals surface area (Å²) in [5, 5.41) is 4.70. The Morgan fingerprint density at radius 3 is 1.02 bits per heavy atom. The molecule has 0 N–H and O–H groups in total. The molecule has 0 saturated heterocycles. The Balaban J connectivity index is 1.60. The van der Waals surface area contributed by atoms with E-state index in [0.717, 1.165) is 33.5 Å². The molecular weight excluding hydrogens is 536 g/mol. The molecule has 2 heteroatoms. The van der Waals surface area contributed by atoms with Gasteiger partial charge in [-0.05, 0) is 92.4 Å². The van der Waals surface area contributed by atoms with Gasteiger partial charge in [-0.2, -0.15) is 0 Å². The van der Waals surface area contributed by atoms with Crippen molar-refractivity contribution < 1.29 is 8.83 Å². The van der Waals surface area contributed by atoms with Crippen LogP contribution in [0.25, 0.3) is 56.0 Å². The third kappa shape index (κ3) is 5.38. The fraction of sp³-hybridized carbons (Fsp3) is 0.381. The van der Waals surface area contributed by atoms with E-state index in [2.05, 4.69) is 156 Å². The zero-order valence-corrected chi connectivity index (χ0v) is 28.7. The minimum absolute atomic E-state index is 0.00900. The summed E-state index contributed by atoms with van der Waals surface area (Å²) in [6, 6.07) is 22.6. The summed E-state index contributed by atoms with van der Waals surface area (Å²) in [7, 11) is 0. The first-order chi connectivity index (χ1) is 20.3. The van der Waals surface area contributed by atoms with Crippen LogP contribution in [0.5, 0.6) is 0 Å². The van der Waals surface area contributed by atoms with Gasteiger partial charge in [-0.15, -0.1) is 0 Å². The van der Waals surface area contributed by atoms with Gasteiger partial charge in [0.05, 0.1) is 0 Å². The second-order valence-electron chi connectivity index (χ2n) is 16.8. The van der Waals surface area contributed by atoms with E-state index in [-0.39, 0.29) is 21.7 Å². The second-order valence-corrected chi connectivity index (χ2v) is 16.8. The van der Waals surface area contributed by atoms with Crippen molar-refractivity contribution >= 4 is 56.0 Å². The van der Waals surface area contributed by atoms with Crippen molar-refractivity contribution in [1.29, 1.82) is 0 Å². The van der Waals surface area contributed by atoms with Gasteiger partial charge in [0, 0.05) is 32.7 Å². The van der Waals surface area contributed by atoms with E-state index in [1.165, 1.54) is 43.8 Å². The lowest BCUT2D eigenvalue weighted by molar-refractivity contribution is 0.589. The van der Waals surface area contributed by atoms with Crippen molar-refractivity contribution in [1.82, 2.24) is 0 Å². The summed E-state index contributed by atoms with van der Waals surface area (Å²) in [6.45, 7) is 27.3. The van der Waals surface area contributed by atoms with E-state index in [9.17, 15) is 0 Å².